The van der Waals surface area contributed by atoms with E-state index in [9.17, 15) is 207 Å². The number of carbonyl (C=O) groups excluding carboxylic acids is 3. The highest BCUT2D eigenvalue weighted by atomic mass is 16.8. The summed E-state index contributed by atoms with van der Waals surface area (Å²) in [5.41, 5.74) is 0. The molecule has 0 spiro atoms. The van der Waals surface area contributed by atoms with Gasteiger partial charge in [0.05, 0.1) is 90.4 Å². The minimum atomic E-state index is -3.73. The van der Waals surface area contributed by atoms with Crippen LogP contribution in [0.5, 0.6) is 0 Å². The third-order valence-electron chi connectivity index (χ3n) is 24.9. The van der Waals surface area contributed by atoms with Gasteiger partial charge in [-0.3, -0.25) is 14.4 Å². The average Bonchev–Trinajstić information content (AvgIpc) is 0.743. The first-order valence-corrected chi connectivity index (χ1v) is 43.1. The Bertz CT molecular complexity index is 3910. The van der Waals surface area contributed by atoms with Gasteiger partial charge in [-0.05, 0) is 0 Å². The summed E-state index contributed by atoms with van der Waals surface area (Å²) in [4.78, 5) is 77.7. The molecule has 38 N–H and O–H groups in total. The number of carbonyl (C=O) groups is 6. The number of amides is 3. The molecular formula is C75H123N3O60. The van der Waals surface area contributed by atoms with E-state index < -0.39 is 445 Å². The molecule has 138 heavy (non-hydrogen) atoms. The second-order valence-corrected chi connectivity index (χ2v) is 34.5. The molecule has 0 radical (unpaired) electrons. The first-order chi connectivity index (χ1) is 64.9. The minimum absolute atomic E-state index is 0.845. The van der Waals surface area contributed by atoms with Crippen LogP contribution in [0.1, 0.15) is 40.0 Å². The van der Waals surface area contributed by atoms with Crippen molar-refractivity contribution in [2.45, 2.75) is 364 Å². The zero-order valence-corrected chi connectivity index (χ0v) is 72.9. The van der Waals surface area contributed by atoms with Gasteiger partial charge in [0.25, 0.3) is 17.4 Å². The molecule has 63 nitrogen and oxygen atoms in total. The van der Waals surface area contributed by atoms with E-state index in [2.05, 4.69) is 16.0 Å². The Balaban J connectivity index is 0.970. The van der Waals surface area contributed by atoms with E-state index in [0.29, 0.717) is 0 Å². The van der Waals surface area contributed by atoms with Crippen LogP contribution in [0.3, 0.4) is 0 Å². The highest BCUT2D eigenvalue weighted by Crippen LogP contribution is 2.46. The maximum Gasteiger partial charge on any atom is 0.364 e. The van der Waals surface area contributed by atoms with Crippen LogP contribution < -0.4 is 16.0 Å². The second kappa shape index (κ2) is 48.4. The second-order valence-electron chi connectivity index (χ2n) is 34.5. The van der Waals surface area contributed by atoms with Crippen LogP contribution in [0.25, 0.3) is 0 Å². The van der Waals surface area contributed by atoms with Crippen molar-refractivity contribution in [1.29, 1.82) is 0 Å². The van der Waals surface area contributed by atoms with Gasteiger partial charge in [0.1, 0.15) is 238 Å². The Morgan fingerprint density at radius 3 is 1.20 bits per heavy atom. The number of rotatable bonds is 40. The molecule has 10 fully saturated rings. The topological polar surface area (TPSA) is 1020 Å². The van der Waals surface area contributed by atoms with Gasteiger partial charge in [0, 0.05) is 40.0 Å². The monoisotopic (exact) mass is 2030 g/mol. The number of hydrogen-bond donors (Lipinski definition) is 38. The van der Waals surface area contributed by atoms with Gasteiger partial charge >= 0.3 is 17.9 Å². The average molecular weight is 2030 g/mol. The molecule has 10 aliphatic rings. The highest BCUT2D eigenvalue weighted by Gasteiger charge is 2.67. The van der Waals surface area contributed by atoms with Gasteiger partial charge in [-0.2, -0.15) is 0 Å². The van der Waals surface area contributed by atoms with E-state index in [-0.39, 0.29) is 0 Å². The quantitative estimate of drug-likeness (QED) is 0.0271. The van der Waals surface area contributed by atoms with Crippen LogP contribution in [0.4, 0.5) is 0 Å². The van der Waals surface area contributed by atoms with Gasteiger partial charge in [-0.15, -0.1) is 0 Å². The van der Waals surface area contributed by atoms with E-state index in [1.807, 2.05) is 0 Å². The fourth-order valence-electron chi connectivity index (χ4n) is 17.7. The first-order valence-electron chi connectivity index (χ1n) is 43.1. The number of ether oxygens (including phenoxy) is 19. The van der Waals surface area contributed by atoms with E-state index in [0.717, 1.165) is 20.8 Å². The van der Waals surface area contributed by atoms with Crippen molar-refractivity contribution in [1.82, 2.24) is 16.0 Å². The summed E-state index contributed by atoms with van der Waals surface area (Å²) in [5, 5.41) is 399. The van der Waals surface area contributed by atoms with Gasteiger partial charge in [-0.25, -0.2) is 14.4 Å². The Morgan fingerprint density at radius 1 is 0.304 bits per heavy atom. The summed E-state index contributed by atoms with van der Waals surface area (Å²) in [6.45, 7) is -10.9. The van der Waals surface area contributed by atoms with Crippen molar-refractivity contribution in [2.75, 3.05) is 66.1 Å². The molecule has 10 rings (SSSR count). The molecule has 10 heterocycles. The predicted octanol–water partition coefficient (Wildman–Crippen LogP) is -24.8. The molecule has 0 aliphatic carbocycles. The van der Waals surface area contributed by atoms with Gasteiger partial charge in [-0.1, -0.05) is 0 Å². The predicted molar refractivity (Wildman–Crippen MR) is 416 cm³/mol. The van der Waals surface area contributed by atoms with E-state index in [1.165, 1.54) is 0 Å². The smallest absolute Gasteiger partial charge is 0.364 e. The van der Waals surface area contributed by atoms with Crippen molar-refractivity contribution in [3.05, 3.63) is 0 Å². The van der Waals surface area contributed by atoms with Crippen molar-refractivity contribution in [3.8, 4) is 0 Å². The zero-order chi connectivity index (χ0) is 103. The van der Waals surface area contributed by atoms with Crippen LogP contribution in [-0.2, 0) is 119 Å². The van der Waals surface area contributed by atoms with Crippen LogP contribution in [0.15, 0.2) is 0 Å². The molecule has 0 aromatic heterocycles. The number of aliphatic hydroxyl groups excluding tert-OH is 31. The summed E-state index contributed by atoms with van der Waals surface area (Å²) >= 11 is 0. The number of carboxylic acid groups (broad SMARTS) is 3. The first kappa shape index (κ1) is 115. The Morgan fingerprint density at radius 2 is 0.681 bits per heavy atom. The summed E-state index contributed by atoms with van der Waals surface area (Å²) in [6.07, 6.45) is -119. The molecule has 798 valence electrons. The maximum atomic E-state index is 13.5. The van der Waals surface area contributed by atoms with Crippen LogP contribution in [0, 0.1) is 0 Å². The third-order valence-corrected chi connectivity index (χ3v) is 24.9. The molecule has 0 bridgehead atoms. The van der Waals surface area contributed by atoms with Crippen LogP contribution in [0.2, 0.25) is 0 Å². The number of nitrogens with one attached hydrogen (secondary N) is 3. The molecule has 3 amide bonds. The molecule has 10 aliphatic heterocycles. The van der Waals surface area contributed by atoms with Crippen molar-refractivity contribution < 1.29 is 297 Å². The minimum Gasteiger partial charge on any atom is -0.477 e. The molecule has 0 unspecified atom stereocenters. The summed E-state index contributed by atoms with van der Waals surface area (Å²) in [6, 6.07) is -5.87. The number of aliphatic carboxylic acids is 3. The molecule has 0 aromatic carbocycles. The summed E-state index contributed by atoms with van der Waals surface area (Å²) in [5.74, 6) is -20.5. The Hall–Kier alpha value is -5.22. The fraction of sp³-hybridized carbons (Fsp3) is 0.920. The SMILES string of the molecule is CC(=O)N[C@H]1[C@H](O[C@H]2[C@@H](O)[C@@H](CO)O[C@@H](O[C@H]3[C@H](O)[C@@H](O)[C@H](O[C@H]4[C@H](O[C@H]5O[C@H]([C@@H](O)CO)[C@@H](O)[C@H](O)[C@@H]5O[C@H]5O[C@H](CO)[C@@H](O)[C@H](O)[C@H]5NC(C)=O)[C@H](O)[C@@H](O[C@H]5[C@@H]([C@H](O)CO)O[C@@](O)(C(=O)O)C[C@H]5O[C@]5(C(=O)O)C[C@@H](O)[C@@H](O)[C@@H]([C@H](O)CO)O5)O[C@@H]4[C@@H](O)CO)O[C@@H]3CO)[C@@H]2O)O[C@H](CO)[C@@H](O[C@@H]2O[C@H](CO)[C@H](O)[C@H](O[C@]3(C(=O)O)C[C@H](O)[C@@H](NC(C)=O)[C@H]([C@H](O)[C@H](O)CO)O3)[C@H]2O)[C@@H]1O. The number of hydrogen-bond acceptors (Lipinski definition) is 57. The van der Waals surface area contributed by atoms with Crippen LogP contribution in [-0.4, -0.2) is 604 Å². The normalized spacial score (nSPS) is 46.7. The molecule has 0 aromatic rings. The van der Waals surface area contributed by atoms with Crippen molar-refractivity contribution in [2.24, 2.45) is 0 Å². The number of carboxylic acids is 3. The van der Waals surface area contributed by atoms with Gasteiger partial charge in [0.15, 0.2) is 44.0 Å². The van der Waals surface area contributed by atoms with Gasteiger partial charge < -0.3 is 285 Å². The lowest BCUT2D eigenvalue weighted by atomic mass is 9.88. The molecule has 0 saturated carbocycles. The lowest BCUT2D eigenvalue weighted by Crippen LogP contribution is -2.71. The van der Waals surface area contributed by atoms with Crippen molar-refractivity contribution >= 4 is 35.6 Å². The summed E-state index contributed by atoms with van der Waals surface area (Å²) in [7, 11) is 0. The van der Waals surface area contributed by atoms with E-state index >= 15 is 0 Å². The van der Waals surface area contributed by atoms with Crippen molar-refractivity contribution in [3.63, 3.8) is 0 Å². The lowest BCUT2D eigenvalue weighted by Gasteiger charge is -2.53. The Labute approximate surface area is 776 Å². The largest absolute Gasteiger partial charge is 0.477 e. The molecular weight excluding hydrogens is 1900 g/mol. The molecule has 53 atom stereocenters. The van der Waals surface area contributed by atoms with Gasteiger partial charge in [0.2, 0.25) is 17.7 Å². The zero-order valence-electron chi connectivity index (χ0n) is 72.9. The van der Waals surface area contributed by atoms with E-state index in [1.54, 1.807) is 0 Å². The van der Waals surface area contributed by atoms with E-state index in [4.69, 9.17) is 90.0 Å². The molecule has 10 saturated heterocycles. The summed E-state index contributed by atoms with van der Waals surface area (Å²) < 4.78 is 112. The standard InChI is InChI=1S/C75H123N3O60/c1-17(89)76-33-20(92)4-75(72(117)118,137-57(33)37(100)22(94)7-79)138-59-40(103)30(14-86)122-67(48(59)111)127-54-31(15-87)123-64(35(42(54)105)78-19(3)91)130-58-39(102)29(13-85)121-66(47(58)110)128-55-32(16-88)124-65(46(109)45(55)108)133-62-52(25(97)10-82)126-68(129-56-27(6-73(119,70(113)114)135-53(56)26(98)11-83)134-74(71(115)116)5-21(93)36(99)51(136-74)24(96)9-81)49(112)60(62)131-69-61(44(107)43(106)50(125-69)23(95)8-80)132-63-34(77-18(2)90)41(104)38(101)28(12-84)120-63/h20-69,79-88,92-112,119H,4-16H2,1-3H3,(H,76,89)(H,77,90)(H,78,91)(H,113,114)(H,115,116)(H,117,118)/t20-,21+,22+,23-,24+,25-,26+,27+,28+,29+,30+,31+,32+,33+,34+,35+,36+,37+,38+,39-,40-,41+,42+,43-,44-,45+,46+,47+,48+,49-,50+,51+,52+,53+,54+,55+,56+,57+,58-,59-,60+,61-,62+,63+,64-,65-,66-,67-,68+,69+,73+,74+,75-/m0/s1. The number of aliphatic hydroxyl groups is 32. The molecule has 63 heteroatoms. The third kappa shape index (κ3) is 24.3. The van der Waals surface area contributed by atoms with Crippen LogP contribution >= 0.6 is 0 Å². The fourth-order valence-corrected chi connectivity index (χ4v) is 17.7. The lowest BCUT2D eigenvalue weighted by molar-refractivity contribution is -0.420. The maximum absolute atomic E-state index is 13.5. The Kier molecular flexibility index (Phi) is 40.2. The highest BCUT2D eigenvalue weighted by molar-refractivity contribution is 5.78.